The molecule has 0 saturated carbocycles. The monoisotopic (exact) mass is 648 g/mol. The molecule has 3 N–H and O–H groups in total. The van der Waals surface area contributed by atoms with Gasteiger partial charge in [0.2, 0.25) is 0 Å². The van der Waals surface area contributed by atoms with E-state index in [1.54, 1.807) is 4.63 Å². The summed E-state index contributed by atoms with van der Waals surface area (Å²) in [6, 6.07) is 14.8. The van der Waals surface area contributed by atoms with Crippen molar-refractivity contribution in [3.63, 3.8) is 0 Å². The van der Waals surface area contributed by atoms with Crippen molar-refractivity contribution in [1.29, 1.82) is 0 Å². The number of amides is 2. The average Bonchev–Trinajstić information content (AvgIpc) is 3.59. The fraction of sp³-hybridized carbons (Fsp3) is 0.541. The molecule has 0 bridgehead atoms. The zero-order valence-corrected chi connectivity index (χ0v) is 29.0. The van der Waals surface area contributed by atoms with Crippen LogP contribution in [0.25, 0.3) is 17.0 Å². The van der Waals surface area contributed by atoms with Gasteiger partial charge in [0.05, 0.1) is 5.69 Å². The van der Waals surface area contributed by atoms with Crippen molar-refractivity contribution in [3.05, 3.63) is 59.2 Å². The van der Waals surface area contributed by atoms with E-state index in [-0.39, 0.29) is 11.4 Å². The number of hydrogen-bond donors (Lipinski definition) is 3. The fourth-order valence-electron chi connectivity index (χ4n) is 5.56. The van der Waals surface area contributed by atoms with Crippen LogP contribution in [-0.4, -0.2) is 32.4 Å². The minimum Gasteiger partial charge on any atom is -0.457 e. The van der Waals surface area contributed by atoms with Crippen molar-refractivity contribution in [1.82, 2.24) is 25.1 Å². The summed E-state index contributed by atoms with van der Waals surface area (Å²) in [5.41, 5.74) is 2.87. The van der Waals surface area contributed by atoms with Crippen LogP contribution in [0.1, 0.15) is 123 Å². The number of urea groups is 1. The molecule has 4 rings (SSSR count). The number of nitrogens with zero attached hydrogens (tertiary/aromatic N) is 3. The summed E-state index contributed by atoms with van der Waals surface area (Å²) in [4.78, 5) is 15.7. The Bertz CT molecular complexity index is 1490. The molecule has 0 saturated heterocycles. The van der Waals surface area contributed by atoms with Gasteiger partial charge in [-0.15, -0.1) is 9.73 Å². The fourth-order valence-corrected chi connectivity index (χ4v) is 6.00. The third-order valence-corrected chi connectivity index (χ3v) is 8.58. The molecule has 0 radical (unpaired) electrons. The highest BCUT2D eigenvalue weighted by atomic mass is 35.5. The zero-order chi connectivity index (χ0) is 32.8. The average molecular weight is 649 g/mol. The molecule has 0 spiro atoms. The predicted octanol–water partition coefficient (Wildman–Crippen LogP) is 11.1. The lowest BCUT2D eigenvalue weighted by atomic mass is 9.92. The minimum absolute atomic E-state index is 0.174. The summed E-state index contributed by atoms with van der Waals surface area (Å²) < 4.78 is 7.61. The highest BCUT2D eigenvalue weighted by molar-refractivity contribution is 6.34. The quantitative estimate of drug-likeness (QED) is 0.0881. The first-order valence-electron chi connectivity index (χ1n) is 17.3. The standard InChI is InChI=1S/C37H53ClN6O2/c1-5-6-7-8-9-10-11-12-13-14-15-16-17-18-26-39-36(45)40-29-20-19-21-31(27-29)46-30-24-22-28(23-25-30)34-41-35-32(38)33(37(2,3)4)42-44(35)43-34/h19-25,27H,5-18,26H2,1-4H3,(H,41,43)(H2,39,40,45). The molecule has 0 aliphatic rings. The number of halogens is 1. The summed E-state index contributed by atoms with van der Waals surface area (Å²) in [6.45, 7) is 9.17. The SMILES string of the molecule is CCCCCCCCCCCCCCCCNC(=O)Nc1cccc(Oc2ccc(-c3nn4nc(C(C)(C)C)c(Cl)c4[nH]3)cc2)c1. The van der Waals surface area contributed by atoms with Gasteiger partial charge in [0.1, 0.15) is 16.5 Å². The lowest BCUT2D eigenvalue weighted by Crippen LogP contribution is -2.29. The molecule has 0 unspecified atom stereocenters. The van der Waals surface area contributed by atoms with Crippen LogP contribution in [-0.2, 0) is 5.41 Å². The number of anilines is 1. The highest BCUT2D eigenvalue weighted by Gasteiger charge is 2.25. The molecule has 46 heavy (non-hydrogen) atoms. The topological polar surface area (TPSA) is 96.3 Å². The number of benzene rings is 2. The van der Waals surface area contributed by atoms with Crippen molar-refractivity contribution in [2.45, 2.75) is 123 Å². The van der Waals surface area contributed by atoms with Crippen LogP contribution in [0, 0.1) is 0 Å². The highest BCUT2D eigenvalue weighted by Crippen LogP contribution is 2.32. The largest absolute Gasteiger partial charge is 0.457 e. The van der Waals surface area contributed by atoms with Gasteiger partial charge in [-0.2, -0.15) is 5.10 Å². The molecule has 2 amide bonds. The Morgan fingerprint density at radius 1 is 0.826 bits per heavy atom. The Morgan fingerprint density at radius 3 is 2.02 bits per heavy atom. The summed E-state index contributed by atoms with van der Waals surface area (Å²) in [5.74, 6) is 1.98. The van der Waals surface area contributed by atoms with Crippen LogP contribution in [0.3, 0.4) is 0 Å². The van der Waals surface area contributed by atoms with E-state index in [0.29, 0.717) is 40.2 Å². The van der Waals surface area contributed by atoms with Gasteiger partial charge >= 0.3 is 6.03 Å². The van der Waals surface area contributed by atoms with E-state index in [4.69, 9.17) is 16.3 Å². The van der Waals surface area contributed by atoms with Gasteiger partial charge in [-0.3, -0.25) is 0 Å². The van der Waals surface area contributed by atoms with Crippen molar-refractivity contribution < 1.29 is 9.53 Å². The van der Waals surface area contributed by atoms with E-state index < -0.39 is 0 Å². The van der Waals surface area contributed by atoms with Gasteiger partial charge < -0.3 is 20.4 Å². The number of H-pyrrole nitrogens is 1. The molecule has 0 aliphatic carbocycles. The maximum Gasteiger partial charge on any atom is 0.319 e. The molecule has 8 nitrogen and oxygen atoms in total. The number of rotatable bonds is 19. The maximum absolute atomic E-state index is 12.4. The van der Waals surface area contributed by atoms with Crippen LogP contribution in [0.4, 0.5) is 10.5 Å². The van der Waals surface area contributed by atoms with Gasteiger partial charge in [0, 0.05) is 29.3 Å². The van der Waals surface area contributed by atoms with E-state index >= 15 is 0 Å². The molecule has 2 aromatic carbocycles. The predicted molar refractivity (Wildman–Crippen MR) is 190 cm³/mol. The van der Waals surface area contributed by atoms with E-state index in [2.05, 4.69) is 53.5 Å². The smallest absolute Gasteiger partial charge is 0.319 e. The van der Waals surface area contributed by atoms with Gasteiger partial charge in [0.15, 0.2) is 11.5 Å². The van der Waals surface area contributed by atoms with Gasteiger partial charge in [-0.25, -0.2) is 4.79 Å². The first kappa shape index (κ1) is 35.3. The second-order valence-electron chi connectivity index (χ2n) is 13.4. The molecule has 250 valence electrons. The third kappa shape index (κ3) is 11.1. The van der Waals surface area contributed by atoms with E-state index in [9.17, 15) is 4.79 Å². The number of hydrogen-bond acceptors (Lipinski definition) is 4. The Kier molecular flexibility index (Phi) is 13.8. The second kappa shape index (κ2) is 18.0. The summed E-state index contributed by atoms with van der Waals surface area (Å²) in [7, 11) is 0. The molecule has 2 heterocycles. The number of carbonyl (C=O) groups excluding carboxylic acids is 1. The number of unbranched alkanes of at least 4 members (excludes halogenated alkanes) is 13. The molecular weight excluding hydrogens is 596 g/mol. The minimum atomic E-state index is -0.198. The molecule has 4 aromatic rings. The number of nitrogens with one attached hydrogen (secondary N) is 3. The third-order valence-electron chi connectivity index (χ3n) is 8.22. The molecular formula is C37H53ClN6O2. The van der Waals surface area contributed by atoms with Gasteiger partial charge in [0.25, 0.3) is 0 Å². The van der Waals surface area contributed by atoms with E-state index in [1.165, 1.54) is 77.0 Å². The Morgan fingerprint density at radius 2 is 1.43 bits per heavy atom. The van der Waals surface area contributed by atoms with Crippen molar-refractivity contribution in [2.24, 2.45) is 0 Å². The molecule has 2 aromatic heterocycles. The lowest BCUT2D eigenvalue weighted by Gasteiger charge is -2.14. The molecule has 0 aliphatic heterocycles. The molecule has 0 atom stereocenters. The second-order valence-corrected chi connectivity index (χ2v) is 13.7. The summed E-state index contributed by atoms with van der Waals surface area (Å²) >= 11 is 6.58. The normalized spacial score (nSPS) is 11.7. The molecule has 9 heteroatoms. The number of fused-ring (bicyclic) bond motifs is 1. The lowest BCUT2D eigenvalue weighted by molar-refractivity contribution is 0.252. The summed E-state index contributed by atoms with van der Waals surface area (Å²) in [5, 5.41) is 15.6. The zero-order valence-electron chi connectivity index (χ0n) is 28.3. The Hall–Kier alpha value is -3.52. The first-order chi connectivity index (χ1) is 22.2. The Labute approximate surface area is 280 Å². The van der Waals surface area contributed by atoms with Crippen LogP contribution in [0.2, 0.25) is 5.02 Å². The van der Waals surface area contributed by atoms with Crippen LogP contribution >= 0.6 is 11.6 Å². The number of aromatic nitrogens is 4. The number of ether oxygens (including phenoxy) is 1. The van der Waals surface area contributed by atoms with Crippen molar-refractivity contribution in [3.8, 4) is 22.9 Å². The van der Waals surface area contributed by atoms with Crippen LogP contribution in [0.5, 0.6) is 11.5 Å². The van der Waals surface area contributed by atoms with E-state index in [1.807, 2.05) is 48.5 Å². The van der Waals surface area contributed by atoms with E-state index in [0.717, 1.165) is 24.1 Å². The first-order valence-corrected chi connectivity index (χ1v) is 17.7. The van der Waals surface area contributed by atoms with Crippen LogP contribution in [0.15, 0.2) is 48.5 Å². The number of carbonyl (C=O) groups is 1. The van der Waals surface area contributed by atoms with Gasteiger partial charge in [-0.05, 0) is 42.8 Å². The Balaban J connectivity index is 1.11. The van der Waals surface area contributed by atoms with Crippen molar-refractivity contribution >= 4 is 29.0 Å². The number of aromatic amines is 1. The maximum atomic E-state index is 12.4. The summed E-state index contributed by atoms with van der Waals surface area (Å²) in [6.07, 6.45) is 18.5. The van der Waals surface area contributed by atoms with Crippen molar-refractivity contribution in [2.75, 3.05) is 11.9 Å². The molecule has 0 fully saturated rings. The van der Waals surface area contributed by atoms with Crippen LogP contribution < -0.4 is 15.4 Å². The van der Waals surface area contributed by atoms with Gasteiger partial charge in [-0.1, -0.05) is 129 Å².